The van der Waals surface area contributed by atoms with E-state index in [9.17, 15) is 9.59 Å². The van der Waals surface area contributed by atoms with Crippen LogP contribution in [0.3, 0.4) is 0 Å². The van der Waals surface area contributed by atoms with Gasteiger partial charge in [0.1, 0.15) is 18.5 Å². The number of aromatic amines is 1. The number of amides is 1. The summed E-state index contributed by atoms with van der Waals surface area (Å²) in [6, 6.07) is 9.32. The summed E-state index contributed by atoms with van der Waals surface area (Å²) in [7, 11) is 0. The number of anilines is 1. The number of carbonyl (C=O) groups is 2. The predicted molar refractivity (Wildman–Crippen MR) is 115 cm³/mol. The molecule has 7 heteroatoms. The summed E-state index contributed by atoms with van der Waals surface area (Å²) >= 11 is 0. The highest BCUT2D eigenvalue weighted by molar-refractivity contribution is 5.70. The number of likely N-dealkylation sites (tertiary alicyclic amines) is 1. The second-order valence-corrected chi connectivity index (χ2v) is 7.25. The van der Waals surface area contributed by atoms with Crippen molar-refractivity contribution in [3.8, 4) is 0 Å². The largest absolute Gasteiger partial charge is 0.461 e. The number of nitrogen functional groups attached to an aromatic ring is 1. The van der Waals surface area contributed by atoms with Crippen LogP contribution in [0, 0.1) is 0 Å². The number of benzene rings is 1. The summed E-state index contributed by atoms with van der Waals surface area (Å²) in [5.41, 5.74) is 8.79. The highest BCUT2D eigenvalue weighted by Crippen LogP contribution is 2.28. The molecule has 30 heavy (non-hydrogen) atoms. The fourth-order valence-electron chi connectivity index (χ4n) is 3.69. The smallest absolute Gasteiger partial charge is 0.410 e. The Morgan fingerprint density at radius 3 is 2.80 bits per heavy atom. The molecule has 0 aliphatic carbocycles. The molecular weight excluding hydrogens is 382 g/mol. The molecule has 1 aliphatic rings. The van der Waals surface area contributed by atoms with E-state index in [1.807, 2.05) is 48.7 Å². The number of nitrogens with one attached hydrogen (secondary N) is 1. The Morgan fingerprint density at radius 1 is 1.33 bits per heavy atom. The van der Waals surface area contributed by atoms with Crippen LogP contribution in [0.15, 0.2) is 55.3 Å². The van der Waals surface area contributed by atoms with Crippen LogP contribution < -0.4 is 5.73 Å². The van der Waals surface area contributed by atoms with Crippen molar-refractivity contribution < 1.29 is 19.1 Å². The first-order valence-electron chi connectivity index (χ1n) is 9.87. The molecular formula is C23H27N3O4. The molecule has 0 bridgehead atoms. The normalized spacial score (nSPS) is 18.5. The number of H-pyrrole nitrogens is 1. The molecule has 1 amide bonds. The number of hydrogen-bond acceptors (Lipinski definition) is 5. The van der Waals surface area contributed by atoms with Crippen LogP contribution in [0.5, 0.6) is 0 Å². The van der Waals surface area contributed by atoms with Gasteiger partial charge in [-0.2, -0.15) is 0 Å². The molecule has 2 heterocycles. The van der Waals surface area contributed by atoms with Crippen molar-refractivity contribution in [2.45, 2.75) is 38.5 Å². The van der Waals surface area contributed by atoms with Gasteiger partial charge in [0.2, 0.25) is 0 Å². The highest BCUT2D eigenvalue weighted by atomic mass is 16.6. The van der Waals surface area contributed by atoms with Crippen molar-refractivity contribution >= 4 is 24.0 Å². The molecule has 1 aromatic carbocycles. The lowest BCUT2D eigenvalue weighted by Gasteiger charge is -2.23. The van der Waals surface area contributed by atoms with Gasteiger partial charge in [-0.3, -0.25) is 4.79 Å². The molecule has 7 nitrogen and oxygen atoms in total. The third-order valence-electron chi connectivity index (χ3n) is 5.04. The van der Waals surface area contributed by atoms with Gasteiger partial charge in [0, 0.05) is 31.1 Å². The Balaban J connectivity index is 1.74. The van der Waals surface area contributed by atoms with Crippen LogP contribution in [0.25, 0.3) is 6.08 Å². The maximum atomic E-state index is 12.8. The SMILES string of the molecule is C=C/C=C\c1c(C[C@@H]2C[C@H](OC(C)=O)CN2C(=O)OCc2ccccc2)c[nH]c1N. The number of hydrogen-bond donors (Lipinski definition) is 2. The minimum Gasteiger partial charge on any atom is -0.461 e. The first kappa shape index (κ1) is 21.2. The Hall–Kier alpha value is -3.48. The third kappa shape index (κ3) is 5.31. The molecule has 2 aromatic rings. The molecule has 3 rings (SSSR count). The average Bonchev–Trinajstić information content (AvgIpc) is 3.28. The van der Waals surface area contributed by atoms with E-state index in [0.29, 0.717) is 25.2 Å². The first-order valence-corrected chi connectivity index (χ1v) is 9.87. The number of carbonyl (C=O) groups excluding carboxylic acids is 2. The molecule has 1 saturated heterocycles. The van der Waals surface area contributed by atoms with E-state index in [1.54, 1.807) is 11.0 Å². The summed E-state index contributed by atoms with van der Waals surface area (Å²) in [4.78, 5) is 28.9. The average molecular weight is 409 g/mol. The number of nitrogens with zero attached hydrogens (tertiary/aromatic N) is 1. The molecule has 158 valence electrons. The zero-order chi connectivity index (χ0) is 21.5. The minimum absolute atomic E-state index is 0.177. The van der Waals surface area contributed by atoms with E-state index in [4.69, 9.17) is 15.2 Å². The van der Waals surface area contributed by atoms with Gasteiger partial charge in [0.05, 0.1) is 6.54 Å². The summed E-state index contributed by atoms with van der Waals surface area (Å²) in [6.45, 7) is 5.54. The van der Waals surface area contributed by atoms with Crippen molar-refractivity contribution in [1.29, 1.82) is 0 Å². The Bertz CT molecular complexity index is 920. The molecule has 3 N–H and O–H groups in total. The summed E-state index contributed by atoms with van der Waals surface area (Å²) in [5.74, 6) is 0.189. The molecule has 0 saturated carbocycles. The number of ether oxygens (including phenoxy) is 2. The number of rotatable bonds is 7. The zero-order valence-corrected chi connectivity index (χ0v) is 17.0. The van der Waals surface area contributed by atoms with Crippen molar-refractivity contribution in [3.05, 3.63) is 72.0 Å². The van der Waals surface area contributed by atoms with Crippen molar-refractivity contribution in [2.24, 2.45) is 0 Å². The van der Waals surface area contributed by atoms with Gasteiger partial charge in [-0.05, 0) is 17.5 Å². The maximum absolute atomic E-state index is 12.8. The quantitative estimate of drug-likeness (QED) is 0.537. The van der Waals surface area contributed by atoms with E-state index in [0.717, 1.165) is 16.7 Å². The second-order valence-electron chi connectivity index (χ2n) is 7.25. The molecule has 0 spiro atoms. The Morgan fingerprint density at radius 2 is 2.10 bits per heavy atom. The van der Waals surface area contributed by atoms with E-state index >= 15 is 0 Å². The number of nitrogens with two attached hydrogens (primary N) is 1. The molecule has 1 fully saturated rings. The second kappa shape index (κ2) is 9.82. The van der Waals surface area contributed by atoms with Crippen LogP contribution >= 0.6 is 0 Å². The van der Waals surface area contributed by atoms with Crippen LogP contribution in [-0.4, -0.2) is 40.6 Å². The van der Waals surface area contributed by atoms with E-state index in [1.165, 1.54) is 6.92 Å². The minimum atomic E-state index is -0.426. The standard InChI is InChI=1S/C23H27N3O4/c1-3-4-10-21-18(13-25-22(21)24)11-19-12-20(30-16(2)27)14-26(19)23(28)29-15-17-8-6-5-7-9-17/h3-10,13,19-20,25H,1,11-12,14-15,24H2,2H3/b10-4-/t19-,20+/m1/s1. The fourth-order valence-corrected chi connectivity index (χ4v) is 3.69. The van der Waals surface area contributed by atoms with E-state index in [-0.39, 0.29) is 24.7 Å². The van der Waals surface area contributed by atoms with Gasteiger partial charge in [-0.1, -0.05) is 55.1 Å². The number of allylic oxidation sites excluding steroid dienone is 2. The Kier molecular flexibility index (Phi) is 6.95. The van der Waals surface area contributed by atoms with Crippen LogP contribution in [0.1, 0.15) is 30.0 Å². The molecule has 1 aliphatic heterocycles. The van der Waals surface area contributed by atoms with Crippen LogP contribution in [0.4, 0.5) is 10.6 Å². The van der Waals surface area contributed by atoms with Crippen molar-refractivity contribution in [1.82, 2.24) is 9.88 Å². The lowest BCUT2D eigenvalue weighted by atomic mass is 10.0. The van der Waals surface area contributed by atoms with Gasteiger partial charge in [0.15, 0.2) is 0 Å². The van der Waals surface area contributed by atoms with Crippen LogP contribution in [-0.2, 0) is 27.3 Å². The molecule has 1 aromatic heterocycles. The summed E-state index contributed by atoms with van der Waals surface area (Å²) < 4.78 is 10.9. The van der Waals surface area contributed by atoms with Crippen LogP contribution in [0.2, 0.25) is 0 Å². The Labute approximate surface area is 176 Å². The van der Waals surface area contributed by atoms with Gasteiger partial charge in [-0.25, -0.2) is 4.79 Å². The summed E-state index contributed by atoms with van der Waals surface area (Å²) in [5, 5.41) is 0. The van der Waals surface area contributed by atoms with Gasteiger partial charge >= 0.3 is 12.1 Å². The number of aromatic nitrogens is 1. The lowest BCUT2D eigenvalue weighted by molar-refractivity contribution is -0.145. The van der Waals surface area contributed by atoms with Gasteiger partial charge < -0.3 is 25.1 Å². The van der Waals surface area contributed by atoms with Gasteiger partial charge in [-0.15, -0.1) is 0 Å². The topological polar surface area (TPSA) is 97.6 Å². The zero-order valence-electron chi connectivity index (χ0n) is 17.0. The fraction of sp³-hybridized carbons (Fsp3) is 0.304. The highest BCUT2D eigenvalue weighted by Gasteiger charge is 2.38. The molecule has 0 radical (unpaired) electrons. The van der Waals surface area contributed by atoms with Gasteiger partial charge in [0.25, 0.3) is 0 Å². The van der Waals surface area contributed by atoms with E-state index in [2.05, 4.69) is 11.6 Å². The lowest BCUT2D eigenvalue weighted by Crippen LogP contribution is -2.37. The number of esters is 1. The van der Waals surface area contributed by atoms with Crippen molar-refractivity contribution in [2.75, 3.05) is 12.3 Å². The monoisotopic (exact) mass is 409 g/mol. The molecule has 2 atom stereocenters. The first-order chi connectivity index (χ1) is 14.5. The third-order valence-corrected chi connectivity index (χ3v) is 5.04. The van der Waals surface area contributed by atoms with Crippen molar-refractivity contribution in [3.63, 3.8) is 0 Å². The molecule has 0 unspecified atom stereocenters. The maximum Gasteiger partial charge on any atom is 0.410 e. The predicted octanol–water partition coefficient (Wildman–Crippen LogP) is 3.68. The summed E-state index contributed by atoms with van der Waals surface area (Å²) in [6.07, 6.45) is 7.51. The van der Waals surface area contributed by atoms with E-state index < -0.39 is 6.09 Å².